The monoisotopic (exact) mass is 879 g/mol. The number of alkyl halides is 1. The maximum atomic E-state index is 13.2. The van der Waals surface area contributed by atoms with Crippen molar-refractivity contribution in [3.8, 4) is 0 Å². The Labute approximate surface area is 332 Å². The van der Waals surface area contributed by atoms with E-state index in [1.165, 1.54) is 23.7 Å². The minimum atomic E-state index is -1.01. The van der Waals surface area contributed by atoms with E-state index in [2.05, 4.69) is 33.2 Å². The maximum Gasteiger partial charge on any atom is 0.264 e. The van der Waals surface area contributed by atoms with Crippen molar-refractivity contribution < 1.29 is 61.8 Å². The largest absolute Gasteiger partial charge is 0.382 e. The highest BCUT2D eigenvalue weighted by Gasteiger charge is 2.45. The summed E-state index contributed by atoms with van der Waals surface area (Å²) in [4.78, 5) is 50.9. The van der Waals surface area contributed by atoms with Crippen molar-refractivity contribution >= 4 is 51.9 Å². The van der Waals surface area contributed by atoms with Gasteiger partial charge in [-0.15, -0.1) is 0 Å². The minimum Gasteiger partial charge on any atom is -0.382 e. The molecule has 17 heteroatoms. The van der Waals surface area contributed by atoms with Gasteiger partial charge >= 0.3 is 0 Å². The Bertz CT molecular complexity index is 1230. The van der Waals surface area contributed by atoms with Crippen LogP contribution in [0.2, 0.25) is 0 Å². The first-order valence-electron chi connectivity index (χ1n) is 18.9. The number of piperidine rings is 1. The number of unbranched alkanes of at least 4 members (excludes halogenated alkanes) is 3. The highest BCUT2D eigenvalue weighted by Crippen LogP contribution is 2.32. The highest BCUT2D eigenvalue weighted by atomic mass is 127. The molecule has 0 aromatic heterocycles. The van der Waals surface area contributed by atoms with Crippen LogP contribution in [0.5, 0.6) is 0 Å². The first-order valence-corrected chi connectivity index (χ1v) is 20.4. The molecule has 0 radical (unpaired) electrons. The van der Waals surface area contributed by atoms with E-state index in [1.54, 1.807) is 18.2 Å². The van der Waals surface area contributed by atoms with E-state index >= 15 is 0 Å². The van der Waals surface area contributed by atoms with Gasteiger partial charge in [0.05, 0.1) is 123 Å². The van der Waals surface area contributed by atoms with Crippen molar-refractivity contribution in [2.75, 3.05) is 135 Å². The molecule has 1 aromatic rings. The molecule has 1 fully saturated rings. The molecule has 16 nitrogen and oxygen atoms in total. The molecule has 1 aromatic carbocycles. The van der Waals surface area contributed by atoms with Crippen molar-refractivity contribution in [2.45, 2.75) is 44.6 Å². The normalized spacial score (nSPS) is 15.6. The number of fused-ring (bicyclic) bond motifs is 1. The van der Waals surface area contributed by atoms with Gasteiger partial charge in [-0.3, -0.25) is 29.4 Å². The summed E-state index contributed by atoms with van der Waals surface area (Å²) in [7, 11) is 0. The van der Waals surface area contributed by atoms with E-state index in [9.17, 15) is 19.2 Å². The summed E-state index contributed by atoms with van der Waals surface area (Å²) in [6.07, 6.45) is 5.10. The van der Waals surface area contributed by atoms with Crippen molar-refractivity contribution in [1.82, 2.24) is 10.2 Å². The molecule has 2 heterocycles. The van der Waals surface area contributed by atoms with Crippen LogP contribution in [-0.2, 0) is 52.2 Å². The standard InChI is InChI=1S/C37H58IN3O13/c38-10-3-1-2-4-12-46-14-16-48-18-20-50-22-24-52-26-28-54-29-27-53-25-23-51-21-19-49-17-15-47-13-11-39-31-7-5-6-30-34(31)37(45)41(36(30)44)32-8-9-33(42)40-35(32)43/h5-7,32,39H,1-4,8-29H2,(H,40,42,43). The van der Waals surface area contributed by atoms with Crippen LogP contribution in [0.25, 0.3) is 0 Å². The number of anilines is 1. The van der Waals surface area contributed by atoms with Crippen LogP contribution in [-0.4, -0.2) is 164 Å². The lowest BCUT2D eigenvalue weighted by Crippen LogP contribution is -2.54. The van der Waals surface area contributed by atoms with Gasteiger partial charge in [0.15, 0.2) is 0 Å². The van der Waals surface area contributed by atoms with Crippen LogP contribution >= 0.6 is 22.6 Å². The van der Waals surface area contributed by atoms with Gasteiger partial charge in [0.2, 0.25) is 11.8 Å². The Morgan fingerprint density at radius 2 is 1.06 bits per heavy atom. The topological polar surface area (TPSA) is 179 Å². The second-order valence-corrected chi connectivity index (χ2v) is 13.3. The smallest absolute Gasteiger partial charge is 0.264 e. The second-order valence-electron chi connectivity index (χ2n) is 12.2. The number of carbonyl (C=O) groups excluding carboxylic acids is 4. The van der Waals surface area contributed by atoms with Crippen molar-refractivity contribution in [3.05, 3.63) is 29.3 Å². The summed E-state index contributed by atoms with van der Waals surface area (Å²) >= 11 is 2.41. The average molecular weight is 880 g/mol. The fourth-order valence-electron chi connectivity index (χ4n) is 5.43. The molecule has 1 unspecified atom stereocenters. The van der Waals surface area contributed by atoms with Crippen molar-refractivity contribution in [1.29, 1.82) is 0 Å². The van der Waals surface area contributed by atoms with Gasteiger partial charge in [-0.1, -0.05) is 41.5 Å². The quantitative estimate of drug-likeness (QED) is 0.0440. The van der Waals surface area contributed by atoms with E-state index in [1.807, 2.05) is 0 Å². The highest BCUT2D eigenvalue weighted by molar-refractivity contribution is 14.1. The molecule has 0 spiro atoms. The van der Waals surface area contributed by atoms with Gasteiger partial charge in [0, 0.05) is 25.3 Å². The third kappa shape index (κ3) is 18.5. The number of nitrogens with one attached hydrogen (secondary N) is 2. The lowest BCUT2D eigenvalue weighted by Gasteiger charge is -2.27. The van der Waals surface area contributed by atoms with Gasteiger partial charge in [-0.2, -0.15) is 0 Å². The lowest BCUT2D eigenvalue weighted by molar-refractivity contribution is -0.136. The number of rotatable bonds is 35. The third-order valence-electron chi connectivity index (χ3n) is 8.18. The molecule has 2 aliphatic heterocycles. The van der Waals surface area contributed by atoms with E-state index in [0.29, 0.717) is 125 Å². The minimum absolute atomic E-state index is 0.0683. The number of ether oxygens (including phenoxy) is 9. The Kier molecular flexibility index (Phi) is 25.5. The number of amides is 4. The molecule has 54 heavy (non-hydrogen) atoms. The number of benzene rings is 1. The molecule has 0 aliphatic carbocycles. The van der Waals surface area contributed by atoms with Crippen molar-refractivity contribution in [2.24, 2.45) is 0 Å². The third-order valence-corrected chi connectivity index (χ3v) is 8.94. The van der Waals surface area contributed by atoms with E-state index in [-0.39, 0.29) is 24.0 Å². The van der Waals surface area contributed by atoms with Gasteiger partial charge in [-0.05, 0) is 35.8 Å². The number of imide groups is 2. The molecule has 2 N–H and O–H groups in total. The fourth-order valence-corrected chi connectivity index (χ4v) is 5.97. The zero-order chi connectivity index (χ0) is 38.5. The molecule has 0 saturated carbocycles. The summed E-state index contributed by atoms with van der Waals surface area (Å²) in [6.45, 7) is 9.35. The van der Waals surface area contributed by atoms with Gasteiger partial charge in [-0.25, -0.2) is 0 Å². The number of hydrogen-bond donors (Lipinski definition) is 2. The predicted molar refractivity (Wildman–Crippen MR) is 206 cm³/mol. The van der Waals surface area contributed by atoms with E-state index in [4.69, 9.17) is 42.6 Å². The van der Waals surface area contributed by atoms with Gasteiger partial charge in [0.25, 0.3) is 11.8 Å². The summed E-state index contributed by atoms with van der Waals surface area (Å²) in [6, 6.07) is 3.92. The zero-order valence-electron chi connectivity index (χ0n) is 31.3. The second kappa shape index (κ2) is 29.9. The molecular formula is C37H58IN3O13. The predicted octanol–water partition coefficient (Wildman–Crippen LogP) is 2.64. The lowest BCUT2D eigenvalue weighted by atomic mass is 10.0. The summed E-state index contributed by atoms with van der Waals surface area (Å²) < 4.78 is 50.9. The molecule has 0 bridgehead atoms. The summed E-state index contributed by atoms with van der Waals surface area (Å²) in [5.74, 6) is -2.16. The zero-order valence-corrected chi connectivity index (χ0v) is 33.5. The Hall–Kier alpha value is -2.33. The van der Waals surface area contributed by atoms with Crippen LogP contribution < -0.4 is 10.6 Å². The maximum absolute atomic E-state index is 13.2. The summed E-state index contributed by atoms with van der Waals surface area (Å²) in [5, 5.41) is 5.34. The van der Waals surface area contributed by atoms with Gasteiger partial charge < -0.3 is 47.9 Å². The molecule has 2 aliphatic rings. The Balaban J connectivity index is 1.02. The Morgan fingerprint density at radius 1 is 0.593 bits per heavy atom. The van der Waals surface area contributed by atoms with Crippen LogP contribution in [0.3, 0.4) is 0 Å². The Morgan fingerprint density at radius 3 is 1.54 bits per heavy atom. The first-order chi connectivity index (χ1) is 26.5. The van der Waals surface area contributed by atoms with Crippen LogP contribution in [0.15, 0.2) is 18.2 Å². The number of nitrogens with zero attached hydrogens (tertiary/aromatic N) is 1. The van der Waals surface area contributed by atoms with E-state index in [0.717, 1.165) is 17.9 Å². The molecule has 3 rings (SSSR count). The van der Waals surface area contributed by atoms with Crippen LogP contribution in [0.1, 0.15) is 59.2 Å². The fraction of sp³-hybridized carbons (Fsp3) is 0.730. The SMILES string of the molecule is O=C1CCC(N2C(=O)c3cccc(NCCOCCOCCOCCOCCOCCOCCOCCOCCOCCCCCCI)c3C2=O)C(=O)N1. The molecule has 306 valence electrons. The number of halogens is 1. The number of carbonyl (C=O) groups is 4. The molecular weight excluding hydrogens is 821 g/mol. The van der Waals surface area contributed by atoms with Crippen LogP contribution in [0.4, 0.5) is 5.69 Å². The average Bonchev–Trinajstić information content (AvgIpc) is 3.42. The molecule has 1 atom stereocenters. The number of hydrogen-bond acceptors (Lipinski definition) is 14. The van der Waals surface area contributed by atoms with Crippen LogP contribution in [0, 0.1) is 0 Å². The first kappa shape index (κ1) is 46.1. The van der Waals surface area contributed by atoms with Crippen molar-refractivity contribution in [3.63, 3.8) is 0 Å². The molecule has 4 amide bonds. The van der Waals surface area contributed by atoms with E-state index < -0.39 is 29.7 Å². The molecule has 1 saturated heterocycles. The summed E-state index contributed by atoms with van der Waals surface area (Å²) in [5.41, 5.74) is 0.917. The van der Waals surface area contributed by atoms with Gasteiger partial charge in [0.1, 0.15) is 6.04 Å².